The van der Waals surface area contributed by atoms with Crippen molar-refractivity contribution in [2.24, 2.45) is 0 Å². The molecule has 2 aliphatic rings. The van der Waals surface area contributed by atoms with Crippen molar-refractivity contribution in [3.63, 3.8) is 0 Å². The van der Waals surface area contributed by atoms with Crippen LogP contribution in [-0.2, 0) is 4.74 Å². The van der Waals surface area contributed by atoms with E-state index >= 15 is 0 Å². The zero-order valence-electron chi connectivity index (χ0n) is 16.2. The van der Waals surface area contributed by atoms with Crippen LogP contribution in [0.1, 0.15) is 58.9 Å². The number of ether oxygens (including phenoxy) is 1. The monoisotopic (exact) mass is 348 g/mol. The topological polar surface area (TPSA) is 71.7 Å². The Morgan fingerprint density at radius 1 is 1.20 bits per heavy atom. The Hall–Kier alpha value is -1.98. The molecule has 0 spiro atoms. The molecule has 2 fully saturated rings. The second kappa shape index (κ2) is 7.93. The predicted octanol–water partition coefficient (Wildman–Crippen LogP) is 3.62. The third-order valence-corrected chi connectivity index (χ3v) is 4.24. The average Bonchev–Trinajstić information content (AvgIpc) is 3.41. The molecule has 1 aliphatic carbocycles. The first-order valence-corrected chi connectivity index (χ1v) is 9.32. The number of carbonyl (C=O) groups is 1. The Morgan fingerprint density at radius 3 is 2.32 bits per heavy atom. The number of nitrogens with zero attached hydrogens (tertiary/aromatic N) is 3. The number of anilines is 2. The zero-order valence-corrected chi connectivity index (χ0v) is 16.2. The fourth-order valence-corrected chi connectivity index (χ4v) is 2.83. The summed E-state index contributed by atoms with van der Waals surface area (Å²) in [5, 5.41) is 0. The molecule has 0 atom stereocenters. The molecule has 140 valence electrons. The Kier molecular flexibility index (Phi) is 6.14. The zero-order chi connectivity index (χ0) is 18.6. The molecule has 0 bridgehead atoms. The molecule has 3 rings (SSSR count). The summed E-state index contributed by atoms with van der Waals surface area (Å²) in [6.45, 7) is 12.4. The third-order valence-electron chi connectivity index (χ3n) is 4.24. The summed E-state index contributed by atoms with van der Waals surface area (Å²) in [7, 11) is 0. The Bertz CT molecular complexity index is 586. The molecule has 1 aliphatic heterocycles. The van der Waals surface area contributed by atoms with E-state index in [4.69, 9.17) is 10.5 Å². The molecule has 1 aromatic rings. The van der Waals surface area contributed by atoms with Gasteiger partial charge in [0.2, 0.25) is 0 Å². The lowest BCUT2D eigenvalue weighted by Gasteiger charge is -2.37. The molecule has 2 heterocycles. The number of aromatic nitrogens is 1. The lowest BCUT2D eigenvalue weighted by atomic mass is 10.1. The van der Waals surface area contributed by atoms with Crippen molar-refractivity contribution >= 4 is 17.6 Å². The number of pyridine rings is 1. The standard InChI is InChI=1S/C17H26N4O2.C2H6/c1-17(2,3)23-16(22)21-8-6-20(7-9-21)14-10-13(12-4-5-12)11-19-15(14)18;1-2/h10-12H,4-9H2,1-3H3,(H2,18,19);1-2H3. The lowest BCUT2D eigenvalue weighted by molar-refractivity contribution is 0.0240. The van der Waals surface area contributed by atoms with Gasteiger partial charge in [-0.2, -0.15) is 0 Å². The highest BCUT2D eigenvalue weighted by molar-refractivity contribution is 5.69. The van der Waals surface area contributed by atoms with E-state index in [0.717, 1.165) is 18.8 Å². The molecule has 0 unspecified atom stereocenters. The van der Waals surface area contributed by atoms with Gasteiger partial charge in [0.1, 0.15) is 11.4 Å². The van der Waals surface area contributed by atoms with Crippen LogP contribution in [0.4, 0.5) is 16.3 Å². The highest BCUT2D eigenvalue weighted by atomic mass is 16.6. The fourth-order valence-electron chi connectivity index (χ4n) is 2.83. The molecule has 1 saturated heterocycles. The number of hydrogen-bond donors (Lipinski definition) is 1. The highest BCUT2D eigenvalue weighted by Gasteiger charge is 2.28. The van der Waals surface area contributed by atoms with E-state index in [-0.39, 0.29) is 6.09 Å². The normalized spacial score (nSPS) is 17.6. The molecule has 0 aromatic carbocycles. The molecule has 1 aromatic heterocycles. The van der Waals surface area contributed by atoms with Crippen LogP contribution in [0.3, 0.4) is 0 Å². The van der Waals surface area contributed by atoms with Crippen LogP contribution in [0.5, 0.6) is 0 Å². The Morgan fingerprint density at radius 2 is 1.80 bits per heavy atom. The summed E-state index contributed by atoms with van der Waals surface area (Å²) in [5.41, 5.74) is 7.88. The van der Waals surface area contributed by atoms with Crippen LogP contribution in [-0.4, -0.2) is 47.8 Å². The minimum absolute atomic E-state index is 0.241. The van der Waals surface area contributed by atoms with E-state index in [9.17, 15) is 4.79 Å². The van der Waals surface area contributed by atoms with Crippen molar-refractivity contribution in [1.29, 1.82) is 0 Å². The van der Waals surface area contributed by atoms with Gasteiger partial charge >= 0.3 is 6.09 Å². The van der Waals surface area contributed by atoms with Gasteiger partial charge in [-0.05, 0) is 51.2 Å². The summed E-state index contributed by atoms with van der Waals surface area (Å²) in [6, 6.07) is 2.17. The summed E-state index contributed by atoms with van der Waals surface area (Å²) < 4.78 is 5.43. The molecular weight excluding hydrogens is 316 g/mol. The van der Waals surface area contributed by atoms with Gasteiger partial charge in [-0.15, -0.1) is 0 Å². The molecule has 1 saturated carbocycles. The van der Waals surface area contributed by atoms with Crippen molar-refractivity contribution in [3.8, 4) is 0 Å². The van der Waals surface area contributed by atoms with Gasteiger partial charge in [0.15, 0.2) is 0 Å². The highest BCUT2D eigenvalue weighted by Crippen LogP contribution is 2.41. The number of hydrogen-bond acceptors (Lipinski definition) is 5. The van der Waals surface area contributed by atoms with Gasteiger partial charge in [0, 0.05) is 32.4 Å². The van der Waals surface area contributed by atoms with E-state index in [0.29, 0.717) is 24.8 Å². The minimum atomic E-state index is -0.457. The first-order chi connectivity index (χ1) is 11.8. The van der Waals surface area contributed by atoms with E-state index in [2.05, 4.69) is 16.0 Å². The Balaban J connectivity index is 0.00000109. The maximum Gasteiger partial charge on any atom is 0.410 e. The third kappa shape index (κ3) is 5.25. The van der Waals surface area contributed by atoms with Crippen molar-refractivity contribution in [2.75, 3.05) is 36.8 Å². The smallest absolute Gasteiger partial charge is 0.410 e. The fraction of sp³-hybridized carbons (Fsp3) is 0.684. The number of nitrogen functional groups attached to an aromatic ring is 1. The SMILES string of the molecule is CC.CC(C)(C)OC(=O)N1CCN(c2cc(C3CC3)cnc2N)CC1. The first kappa shape index (κ1) is 19.3. The van der Waals surface area contributed by atoms with Gasteiger partial charge in [-0.1, -0.05) is 13.8 Å². The average molecular weight is 348 g/mol. The molecule has 1 amide bonds. The quantitative estimate of drug-likeness (QED) is 0.884. The number of rotatable bonds is 2. The van der Waals surface area contributed by atoms with Crippen molar-refractivity contribution in [2.45, 2.75) is 59.0 Å². The van der Waals surface area contributed by atoms with Gasteiger partial charge in [0.05, 0.1) is 5.69 Å². The van der Waals surface area contributed by atoms with E-state index < -0.39 is 5.60 Å². The summed E-state index contributed by atoms with van der Waals surface area (Å²) in [5.74, 6) is 1.23. The van der Waals surface area contributed by atoms with Crippen molar-refractivity contribution < 1.29 is 9.53 Å². The second-order valence-corrected chi connectivity index (χ2v) is 7.40. The van der Waals surface area contributed by atoms with Crippen LogP contribution in [0.2, 0.25) is 0 Å². The molecule has 0 radical (unpaired) electrons. The molecule has 25 heavy (non-hydrogen) atoms. The maximum absolute atomic E-state index is 12.1. The molecular formula is C19H32N4O2. The Labute approximate surface area is 151 Å². The lowest BCUT2D eigenvalue weighted by Crippen LogP contribution is -2.50. The van der Waals surface area contributed by atoms with Crippen molar-refractivity contribution in [1.82, 2.24) is 9.88 Å². The first-order valence-electron chi connectivity index (χ1n) is 9.32. The van der Waals surface area contributed by atoms with Crippen LogP contribution >= 0.6 is 0 Å². The summed E-state index contributed by atoms with van der Waals surface area (Å²) >= 11 is 0. The second-order valence-electron chi connectivity index (χ2n) is 7.40. The number of piperazine rings is 1. The van der Waals surface area contributed by atoms with Crippen LogP contribution < -0.4 is 10.6 Å². The molecule has 6 nitrogen and oxygen atoms in total. The van der Waals surface area contributed by atoms with E-state index in [1.165, 1.54) is 18.4 Å². The van der Waals surface area contributed by atoms with E-state index in [1.54, 1.807) is 4.90 Å². The number of amides is 1. The molecule has 6 heteroatoms. The maximum atomic E-state index is 12.1. The minimum Gasteiger partial charge on any atom is -0.444 e. The summed E-state index contributed by atoms with van der Waals surface area (Å²) in [6.07, 6.45) is 4.15. The predicted molar refractivity (Wildman–Crippen MR) is 102 cm³/mol. The number of nitrogens with two attached hydrogens (primary N) is 1. The van der Waals surface area contributed by atoms with Crippen molar-refractivity contribution in [3.05, 3.63) is 17.8 Å². The van der Waals surface area contributed by atoms with Crippen LogP contribution in [0.25, 0.3) is 0 Å². The van der Waals surface area contributed by atoms with E-state index in [1.807, 2.05) is 40.8 Å². The van der Waals surface area contributed by atoms with Gasteiger partial charge < -0.3 is 20.3 Å². The van der Waals surface area contributed by atoms with Gasteiger partial charge in [0.25, 0.3) is 0 Å². The van der Waals surface area contributed by atoms with Crippen LogP contribution in [0.15, 0.2) is 12.3 Å². The van der Waals surface area contributed by atoms with Gasteiger partial charge in [-0.3, -0.25) is 0 Å². The van der Waals surface area contributed by atoms with Gasteiger partial charge in [-0.25, -0.2) is 9.78 Å². The molecule has 2 N–H and O–H groups in total. The largest absolute Gasteiger partial charge is 0.444 e. The summed E-state index contributed by atoms with van der Waals surface area (Å²) in [4.78, 5) is 20.5. The number of carbonyl (C=O) groups excluding carboxylic acids is 1. The van der Waals surface area contributed by atoms with Crippen LogP contribution in [0, 0.1) is 0 Å².